The molecule has 0 spiro atoms. The lowest BCUT2D eigenvalue weighted by Gasteiger charge is -2.06. The molecule has 0 unspecified atom stereocenters. The number of pyridine rings is 1. The molecule has 1 aliphatic rings. The van der Waals surface area contributed by atoms with E-state index in [-0.39, 0.29) is 22.8 Å². The third-order valence-electron chi connectivity index (χ3n) is 2.73. The summed E-state index contributed by atoms with van der Waals surface area (Å²) >= 11 is 0. The SMILES string of the molecule is O=C(NCCNC(=O)C1CC1)c1c[nH]ccc1=O. The molecule has 0 bridgehead atoms. The van der Waals surface area contributed by atoms with Gasteiger partial charge in [-0.15, -0.1) is 0 Å². The van der Waals surface area contributed by atoms with Crippen molar-refractivity contribution in [3.8, 4) is 0 Å². The molecule has 0 saturated heterocycles. The Kier molecular flexibility index (Phi) is 3.76. The summed E-state index contributed by atoms with van der Waals surface area (Å²) in [4.78, 5) is 36.9. The van der Waals surface area contributed by atoms with Crippen LogP contribution < -0.4 is 16.1 Å². The first-order valence-electron chi connectivity index (χ1n) is 5.91. The number of carbonyl (C=O) groups excluding carboxylic acids is 2. The molecule has 1 aliphatic carbocycles. The van der Waals surface area contributed by atoms with E-state index in [1.165, 1.54) is 18.5 Å². The van der Waals surface area contributed by atoms with Crippen LogP contribution in [0.25, 0.3) is 0 Å². The van der Waals surface area contributed by atoms with E-state index in [4.69, 9.17) is 0 Å². The van der Waals surface area contributed by atoms with E-state index in [1.807, 2.05) is 0 Å². The average Bonchev–Trinajstić information content (AvgIpc) is 3.19. The van der Waals surface area contributed by atoms with E-state index in [9.17, 15) is 14.4 Å². The minimum atomic E-state index is -0.433. The number of aromatic nitrogens is 1. The van der Waals surface area contributed by atoms with E-state index < -0.39 is 5.91 Å². The van der Waals surface area contributed by atoms with Crippen molar-refractivity contribution < 1.29 is 9.59 Å². The van der Waals surface area contributed by atoms with Crippen molar-refractivity contribution in [1.82, 2.24) is 15.6 Å². The molecule has 6 heteroatoms. The van der Waals surface area contributed by atoms with Gasteiger partial charge < -0.3 is 15.6 Å². The van der Waals surface area contributed by atoms with Crippen LogP contribution in [-0.2, 0) is 4.79 Å². The number of hydrogen-bond donors (Lipinski definition) is 3. The lowest BCUT2D eigenvalue weighted by molar-refractivity contribution is -0.122. The number of aromatic amines is 1. The molecule has 96 valence electrons. The summed E-state index contributed by atoms with van der Waals surface area (Å²) in [5.74, 6) is -0.225. The average molecular weight is 249 g/mol. The van der Waals surface area contributed by atoms with Crippen molar-refractivity contribution in [1.29, 1.82) is 0 Å². The van der Waals surface area contributed by atoms with Gasteiger partial charge in [0.2, 0.25) is 5.91 Å². The number of hydrogen-bond acceptors (Lipinski definition) is 3. The molecular weight excluding hydrogens is 234 g/mol. The third-order valence-corrected chi connectivity index (χ3v) is 2.73. The lowest BCUT2D eigenvalue weighted by Crippen LogP contribution is -2.36. The second-order valence-electron chi connectivity index (χ2n) is 4.24. The fourth-order valence-corrected chi connectivity index (χ4v) is 1.54. The fraction of sp³-hybridized carbons (Fsp3) is 0.417. The minimum Gasteiger partial charge on any atom is -0.367 e. The molecular formula is C12H15N3O3. The molecule has 0 aromatic carbocycles. The highest BCUT2D eigenvalue weighted by Gasteiger charge is 2.28. The summed E-state index contributed by atoms with van der Waals surface area (Å²) in [6, 6.07) is 1.30. The highest BCUT2D eigenvalue weighted by atomic mass is 16.2. The van der Waals surface area contributed by atoms with Gasteiger partial charge in [-0.25, -0.2) is 0 Å². The van der Waals surface area contributed by atoms with Crippen LogP contribution in [0.3, 0.4) is 0 Å². The predicted molar refractivity (Wildman–Crippen MR) is 65.1 cm³/mol. The summed E-state index contributed by atoms with van der Waals surface area (Å²) in [6.07, 6.45) is 4.74. The van der Waals surface area contributed by atoms with Gasteiger partial charge in [0.1, 0.15) is 5.56 Å². The van der Waals surface area contributed by atoms with E-state index >= 15 is 0 Å². The van der Waals surface area contributed by atoms with Crippen LogP contribution in [0.1, 0.15) is 23.2 Å². The van der Waals surface area contributed by atoms with E-state index in [1.54, 1.807) is 0 Å². The Bertz CT molecular complexity index is 505. The zero-order chi connectivity index (χ0) is 13.0. The monoisotopic (exact) mass is 249 g/mol. The Morgan fingerprint density at radius 2 is 2.00 bits per heavy atom. The minimum absolute atomic E-state index is 0.0433. The van der Waals surface area contributed by atoms with Crippen molar-refractivity contribution in [2.75, 3.05) is 13.1 Å². The van der Waals surface area contributed by atoms with Crippen molar-refractivity contribution in [3.05, 3.63) is 34.2 Å². The molecule has 1 fully saturated rings. The third kappa shape index (κ3) is 3.19. The molecule has 1 saturated carbocycles. The summed E-state index contributed by atoms with van der Waals surface area (Å²) in [6.45, 7) is 0.692. The van der Waals surface area contributed by atoms with Crippen LogP contribution in [0.4, 0.5) is 0 Å². The smallest absolute Gasteiger partial charge is 0.256 e. The molecule has 0 radical (unpaired) electrons. The van der Waals surface area contributed by atoms with Crippen LogP contribution in [-0.4, -0.2) is 29.9 Å². The molecule has 6 nitrogen and oxygen atoms in total. The van der Waals surface area contributed by atoms with Gasteiger partial charge in [0, 0.05) is 37.5 Å². The highest BCUT2D eigenvalue weighted by Crippen LogP contribution is 2.28. The van der Waals surface area contributed by atoms with E-state index in [2.05, 4.69) is 15.6 Å². The molecule has 0 aliphatic heterocycles. The lowest BCUT2D eigenvalue weighted by atomic mass is 10.2. The summed E-state index contributed by atoms with van der Waals surface area (Å²) in [5.41, 5.74) is -0.251. The molecule has 3 N–H and O–H groups in total. The largest absolute Gasteiger partial charge is 0.367 e. The Balaban J connectivity index is 1.73. The zero-order valence-corrected chi connectivity index (χ0v) is 9.86. The van der Waals surface area contributed by atoms with Crippen LogP contribution in [0.5, 0.6) is 0 Å². The van der Waals surface area contributed by atoms with Crippen LogP contribution in [0.15, 0.2) is 23.3 Å². The van der Waals surface area contributed by atoms with E-state index in [0.29, 0.717) is 13.1 Å². The number of nitrogens with one attached hydrogen (secondary N) is 3. The Hall–Kier alpha value is -2.11. The first-order valence-corrected chi connectivity index (χ1v) is 5.91. The van der Waals surface area contributed by atoms with Crippen molar-refractivity contribution in [2.24, 2.45) is 5.92 Å². The topological polar surface area (TPSA) is 91.1 Å². The summed E-state index contributed by atoms with van der Waals surface area (Å²) in [5, 5.41) is 5.31. The normalized spacial score (nSPS) is 14.0. The highest BCUT2D eigenvalue weighted by molar-refractivity contribution is 5.93. The molecule has 2 rings (SSSR count). The maximum absolute atomic E-state index is 11.6. The predicted octanol–water partition coefficient (Wildman–Crippen LogP) is -0.369. The second kappa shape index (κ2) is 5.48. The number of amides is 2. The number of carbonyl (C=O) groups is 2. The van der Waals surface area contributed by atoms with Gasteiger partial charge in [0.05, 0.1) is 0 Å². The van der Waals surface area contributed by atoms with Crippen molar-refractivity contribution in [2.45, 2.75) is 12.8 Å². The molecule has 1 heterocycles. The quantitative estimate of drug-likeness (QED) is 0.622. The standard InChI is InChI=1S/C12H15N3O3/c16-10-3-4-13-7-9(10)12(18)15-6-5-14-11(17)8-1-2-8/h3-4,7-8H,1-2,5-6H2,(H,13,16)(H,14,17)(H,15,18). The first kappa shape index (κ1) is 12.3. The maximum Gasteiger partial charge on any atom is 0.256 e. The molecule has 0 atom stereocenters. The van der Waals surface area contributed by atoms with E-state index in [0.717, 1.165) is 12.8 Å². The van der Waals surface area contributed by atoms with Gasteiger partial charge >= 0.3 is 0 Å². The van der Waals surface area contributed by atoms with Gasteiger partial charge in [-0.05, 0) is 12.8 Å². The Morgan fingerprint density at radius 3 is 2.67 bits per heavy atom. The van der Waals surface area contributed by atoms with Crippen LogP contribution in [0, 0.1) is 5.92 Å². The molecule has 1 aromatic heterocycles. The first-order chi connectivity index (χ1) is 8.68. The summed E-state index contributed by atoms with van der Waals surface area (Å²) in [7, 11) is 0. The van der Waals surface area contributed by atoms with Gasteiger partial charge in [-0.2, -0.15) is 0 Å². The van der Waals surface area contributed by atoms with Gasteiger partial charge in [-0.3, -0.25) is 14.4 Å². The van der Waals surface area contributed by atoms with Gasteiger partial charge in [0.25, 0.3) is 5.91 Å². The number of H-pyrrole nitrogens is 1. The van der Waals surface area contributed by atoms with Crippen molar-refractivity contribution >= 4 is 11.8 Å². The second-order valence-corrected chi connectivity index (χ2v) is 4.24. The molecule has 1 aromatic rings. The molecule has 18 heavy (non-hydrogen) atoms. The van der Waals surface area contributed by atoms with Crippen LogP contribution >= 0.6 is 0 Å². The van der Waals surface area contributed by atoms with Crippen LogP contribution in [0.2, 0.25) is 0 Å². The fourth-order valence-electron chi connectivity index (χ4n) is 1.54. The number of rotatable bonds is 5. The van der Waals surface area contributed by atoms with Gasteiger partial charge in [-0.1, -0.05) is 0 Å². The maximum atomic E-state index is 11.6. The summed E-state index contributed by atoms with van der Waals surface area (Å²) < 4.78 is 0. The zero-order valence-electron chi connectivity index (χ0n) is 9.86. The van der Waals surface area contributed by atoms with Gasteiger partial charge in [0.15, 0.2) is 5.43 Å². The Labute approximate surface area is 104 Å². The van der Waals surface area contributed by atoms with Crippen molar-refractivity contribution in [3.63, 3.8) is 0 Å². The molecule has 2 amide bonds. The Morgan fingerprint density at radius 1 is 1.28 bits per heavy atom.